The number of carbonyl (C=O) groups is 4. The maximum absolute atomic E-state index is 14.1. The molecule has 2 aliphatic heterocycles. The summed E-state index contributed by atoms with van der Waals surface area (Å²) < 4.78 is 17.1. The second kappa shape index (κ2) is 8.11. The smallest absolute Gasteiger partial charge is 0.241 e. The maximum Gasteiger partial charge on any atom is 0.241 e. The van der Waals surface area contributed by atoms with Gasteiger partial charge in [0.1, 0.15) is 11.5 Å². The van der Waals surface area contributed by atoms with E-state index in [-0.39, 0.29) is 22.6 Å². The third-order valence-electron chi connectivity index (χ3n) is 7.55. The van der Waals surface area contributed by atoms with E-state index in [0.717, 1.165) is 10.5 Å². The first-order valence-electron chi connectivity index (χ1n) is 11.9. The Labute approximate surface area is 212 Å². The van der Waals surface area contributed by atoms with Gasteiger partial charge in [0.2, 0.25) is 29.0 Å². The first-order chi connectivity index (χ1) is 17.8. The number of nitrogens with zero attached hydrogens (tertiary/aromatic N) is 1. The lowest BCUT2D eigenvalue weighted by Crippen LogP contribution is -2.51. The first-order valence-corrected chi connectivity index (χ1v) is 11.9. The molecule has 1 spiro atoms. The molecule has 3 aromatic carbocycles. The number of aryl methyl sites for hydroxylation is 1. The van der Waals surface area contributed by atoms with Crippen molar-refractivity contribution in [3.63, 3.8) is 0 Å². The van der Waals surface area contributed by atoms with E-state index in [1.165, 1.54) is 20.3 Å². The van der Waals surface area contributed by atoms with E-state index in [1.54, 1.807) is 48.5 Å². The molecule has 186 valence electrons. The number of anilines is 1. The van der Waals surface area contributed by atoms with Gasteiger partial charge in [-0.3, -0.25) is 19.2 Å². The normalized spacial score (nSPS) is 23.5. The van der Waals surface area contributed by atoms with Crippen molar-refractivity contribution in [2.24, 2.45) is 11.8 Å². The van der Waals surface area contributed by atoms with Crippen molar-refractivity contribution < 1.29 is 33.4 Å². The van der Waals surface area contributed by atoms with Crippen LogP contribution in [0.3, 0.4) is 0 Å². The van der Waals surface area contributed by atoms with Crippen molar-refractivity contribution >= 4 is 29.1 Å². The van der Waals surface area contributed by atoms with Crippen molar-refractivity contribution in [3.8, 4) is 11.5 Å². The number of hydrogen-bond acceptors (Lipinski definition) is 7. The zero-order chi connectivity index (χ0) is 26.1. The minimum atomic E-state index is -2.13. The van der Waals surface area contributed by atoms with Gasteiger partial charge >= 0.3 is 0 Å². The minimum absolute atomic E-state index is 0.180. The summed E-state index contributed by atoms with van der Waals surface area (Å²) in [6.45, 7) is 1.92. The monoisotopic (exact) mass is 497 g/mol. The van der Waals surface area contributed by atoms with Crippen LogP contribution in [0.1, 0.15) is 37.9 Å². The predicted molar refractivity (Wildman–Crippen MR) is 132 cm³/mol. The van der Waals surface area contributed by atoms with Gasteiger partial charge in [-0.25, -0.2) is 4.90 Å². The first kappa shape index (κ1) is 23.1. The van der Waals surface area contributed by atoms with E-state index in [1.807, 2.05) is 19.1 Å². The molecule has 37 heavy (non-hydrogen) atoms. The predicted octanol–water partition coefficient (Wildman–Crippen LogP) is 3.71. The zero-order valence-electron chi connectivity index (χ0n) is 20.4. The van der Waals surface area contributed by atoms with E-state index in [4.69, 9.17) is 14.2 Å². The Morgan fingerprint density at radius 2 is 1.46 bits per heavy atom. The van der Waals surface area contributed by atoms with Gasteiger partial charge in [0.25, 0.3) is 0 Å². The average molecular weight is 498 g/mol. The Morgan fingerprint density at radius 3 is 2.05 bits per heavy atom. The summed E-state index contributed by atoms with van der Waals surface area (Å²) in [5.74, 6) is -4.20. The number of benzene rings is 3. The van der Waals surface area contributed by atoms with Crippen molar-refractivity contribution in [2.75, 3.05) is 19.1 Å². The van der Waals surface area contributed by atoms with E-state index < -0.39 is 46.9 Å². The lowest BCUT2D eigenvalue weighted by atomic mass is 9.77. The highest BCUT2D eigenvalue weighted by atomic mass is 16.5. The number of Topliss-reactive ketones (excluding diaryl/α,β-unsaturated/α-hetero) is 2. The van der Waals surface area contributed by atoms with E-state index in [9.17, 15) is 19.2 Å². The summed E-state index contributed by atoms with van der Waals surface area (Å²) in [5.41, 5.74) is 0.0263. The molecule has 3 aliphatic rings. The van der Waals surface area contributed by atoms with Crippen LogP contribution >= 0.6 is 0 Å². The molecule has 2 saturated heterocycles. The fourth-order valence-electron chi connectivity index (χ4n) is 5.78. The third kappa shape index (κ3) is 2.99. The number of rotatable bonds is 4. The number of imide groups is 1. The second-order valence-electron chi connectivity index (χ2n) is 9.44. The van der Waals surface area contributed by atoms with Crippen molar-refractivity contribution in [1.82, 2.24) is 0 Å². The molecule has 1 aliphatic carbocycles. The van der Waals surface area contributed by atoms with Gasteiger partial charge in [-0.15, -0.1) is 0 Å². The summed E-state index contributed by atoms with van der Waals surface area (Å²) in [5, 5.41) is 0. The Bertz CT molecular complexity index is 1460. The molecule has 2 amide bonds. The topological polar surface area (TPSA) is 99.2 Å². The molecule has 3 unspecified atom stereocenters. The summed E-state index contributed by atoms with van der Waals surface area (Å²) in [4.78, 5) is 56.9. The van der Waals surface area contributed by atoms with Crippen LogP contribution in [0.5, 0.6) is 11.5 Å². The largest absolute Gasteiger partial charge is 0.497 e. The van der Waals surface area contributed by atoms with Gasteiger partial charge in [-0.05, 0) is 24.6 Å². The molecule has 3 aromatic rings. The highest BCUT2D eigenvalue weighted by molar-refractivity contribution is 6.37. The number of fused-ring (bicyclic) bond motifs is 3. The molecule has 0 saturated carbocycles. The van der Waals surface area contributed by atoms with Crippen molar-refractivity contribution in [1.29, 1.82) is 0 Å². The van der Waals surface area contributed by atoms with Gasteiger partial charge in [-0.1, -0.05) is 54.1 Å². The summed E-state index contributed by atoms with van der Waals surface area (Å²) in [6, 6.07) is 18.5. The number of carbonyl (C=O) groups excluding carboxylic acids is 4. The molecule has 8 heteroatoms. The highest BCUT2D eigenvalue weighted by Gasteiger charge is 2.74. The van der Waals surface area contributed by atoms with Crippen molar-refractivity contribution in [3.05, 3.63) is 89.0 Å². The average Bonchev–Trinajstić information content (AvgIpc) is 3.48. The van der Waals surface area contributed by atoms with Gasteiger partial charge < -0.3 is 14.2 Å². The van der Waals surface area contributed by atoms with Crippen LogP contribution in [0.2, 0.25) is 0 Å². The summed E-state index contributed by atoms with van der Waals surface area (Å²) >= 11 is 0. The number of ketones is 2. The highest BCUT2D eigenvalue weighted by Crippen LogP contribution is 2.58. The molecule has 6 rings (SSSR count). The number of hydrogen-bond donors (Lipinski definition) is 0. The molecule has 0 radical (unpaired) electrons. The van der Waals surface area contributed by atoms with Crippen LogP contribution in [0.15, 0.2) is 66.7 Å². The van der Waals surface area contributed by atoms with E-state index in [0.29, 0.717) is 11.3 Å². The third-order valence-corrected chi connectivity index (χ3v) is 7.55. The molecule has 2 heterocycles. The van der Waals surface area contributed by atoms with Gasteiger partial charge in [0.05, 0.1) is 37.8 Å². The summed E-state index contributed by atoms with van der Waals surface area (Å²) in [7, 11) is 2.90. The number of ether oxygens (including phenoxy) is 3. The van der Waals surface area contributed by atoms with Gasteiger partial charge in [-0.2, -0.15) is 0 Å². The Kier molecular flexibility index (Phi) is 5.07. The summed E-state index contributed by atoms with van der Waals surface area (Å²) in [6.07, 6.45) is -0.981. The van der Waals surface area contributed by atoms with Gasteiger partial charge in [0.15, 0.2) is 0 Å². The quantitative estimate of drug-likeness (QED) is 0.400. The molecular formula is C29H23NO7. The lowest BCUT2D eigenvalue weighted by Gasteiger charge is -2.27. The molecule has 2 fully saturated rings. The van der Waals surface area contributed by atoms with Crippen LogP contribution in [-0.2, 0) is 14.3 Å². The Hall–Kier alpha value is -4.30. The van der Waals surface area contributed by atoms with Crippen LogP contribution in [0.25, 0.3) is 0 Å². The van der Waals surface area contributed by atoms with Crippen LogP contribution < -0.4 is 14.4 Å². The Balaban J connectivity index is 1.55. The molecule has 3 atom stereocenters. The minimum Gasteiger partial charge on any atom is -0.497 e. The van der Waals surface area contributed by atoms with Crippen molar-refractivity contribution in [2.45, 2.75) is 18.6 Å². The van der Waals surface area contributed by atoms with Crippen LogP contribution in [0, 0.1) is 18.8 Å². The van der Waals surface area contributed by atoms with Crippen LogP contribution in [-0.4, -0.2) is 43.2 Å². The van der Waals surface area contributed by atoms with Crippen LogP contribution in [0.4, 0.5) is 5.69 Å². The zero-order valence-corrected chi connectivity index (χ0v) is 20.4. The standard InChI is InChI=1S/C29H23NO7/c1-15-8-10-16(11-9-15)24-22-23(29(37-24)25(31)18-6-4-5-7-19(18)26(29)32)28(34)30(27(22)33)20-14-17(35-2)12-13-21(20)36-3/h4-14,22-24H,1-3H3. The number of amides is 2. The maximum atomic E-state index is 14.1. The molecule has 0 aromatic heterocycles. The van der Waals surface area contributed by atoms with E-state index in [2.05, 4.69) is 0 Å². The molecular weight excluding hydrogens is 474 g/mol. The Morgan fingerprint density at radius 1 is 0.811 bits per heavy atom. The number of methoxy groups -OCH3 is 2. The fraction of sp³-hybridized carbons (Fsp3) is 0.241. The molecule has 0 bridgehead atoms. The van der Waals surface area contributed by atoms with Gasteiger partial charge in [0, 0.05) is 17.2 Å². The SMILES string of the molecule is COc1ccc(OC)c(N2C(=O)C3C(c4ccc(C)cc4)OC4(C(=O)c5ccccc5C4=O)C3C2=O)c1. The molecule has 8 nitrogen and oxygen atoms in total. The lowest BCUT2D eigenvalue weighted by molar-refractivity contribution is -0.127. The second-order valence-corrected chi connectivity index (χ2v) is 9.44. The molecule has 0 N–H and O–H groups in total. The fourth-order valence-corrected chi connectivity index (χ4v) is 5.78. The van der Waals surface area contributed by atoms with E-state index >= 15 is 0 Å².